The average molecular weight is 338 g/mol. The first-order valence-corrected chi connectivity index (χ1v) is 8.04. The monoisotopic (exact) mass is 338 g/mol. The van der Waals surface area contributed by atoms with Crippen LogP contribution in [0, 0.1) is 0 Å². The molecule has 0 aliphatic heterocycles. The molecule has 1 heterocycles. The molecule has 25 heavy (non-hydrogen) atoms. The number of esters is 1. The van der Waals surface area contributed by atoms with E-state index in [-0.39, 0.29) is 17.2 Å². The molecule has 3 aromatic rings. The van der Waals surface area contributed by atoms with Gasteiger partial charge in [-0.15, -0.1) is 0 Å². The lowest BCUT2D eigenvalue weighted by Crippen LogP contribution is -2.14. The van der Waals surface area contributed by atoms with Crippen LogP contribution in [-0.2, 0) is 4.79 Å². The predicted molar refractivity (Wildman–Crippen MR) is 94.0 cm³/mol. The molecule has 5 heteroatoms. The first-order valence-electron chi connectivity index (χ1n) is 8.04. The van der Waals surface area contributed by atoms with Gasteiger partial charge in [-0.2, -0.15) is 0 Å². The molecule has 5 nitrogen and oxygen atoms in total. The fourth-order valence-corrected chi connectivity index (χ4v) is 3.00. The van der Waals surface area contributed by atoms with Gasteiger partial charge in [-0.25, -0.2) is 4.79 Å². The highest BCUT2D eigenvalue weighted by Crippen LogP contribution is 2.36. The number of fused-ring (bicyclic) bond motifs is 1. The van der Waals surface area contributed by atoms with Gasteiger partial charge in [0.1, 0.15) is 17.1 Å². The van der Waals surface area contributed by atoms with Crippen LogP contribution in [-0.4, -0.2) is 11.1 Å². The van der Waals surface area contributed by atoms with Crippen LogP contribution in [0.5, 0.6) is 11.5 Å². The summed E-state index contributed by atoms with van der Waals surface area (Å²) < 4.78 is 10.4. The molecule has 0 spiro atoms. The summed E-state index contributed by atoms with van der Waals surface area (Å²) in [6, 6.07) is 13.8. The minimum absolute atomic E-state index is 0.0530. The quantitative estimate of drug-likeness (QED) is 0.442. The fourth-order valence-electron chi connectivity index (χ4n) is 3.00. The molecule has 128 valence electrons. The van der Waals surface area contributed by atoms with E-state index in [1.54, 1.807) is 48.5 Å². The van der Waals surface area contributed by atoms with E-state index in [9.17, 15) is 14.7 Å². The van der Waals surface area contributed by atoms with Crippen molar-refractivity contribution in [1.29, 1.82) is 0 Å². The second-order valence-electron chi connectivity index (χ2n) is 5.77. The smallest absolute Gasteiger partial charge is 0.343 e. The molecule has 0 bridgehead atoms. The van der Waals surface area contributed by atoms with Gasteiger partial charge in [0.25, 0.3) is 0 Å². The SMILES string of the molecule is CC[C@H](c1ccc(OC(C)=O)cc1)c1c(O)c2ccccc2oc1=O. The second-order valence-corrected chi connectivity index (χ2v) is 5.77. The molecule has 3 rings (SSSR count). The van der Waals surface area contributed by atoms with Crippen molar-refractivity contribution in [3.05, 3.63) is 70.1 Å². The third-order valence-electron chi connectivity index (χ3n) is 4.12. The molecule has 0 saturated carbocycles. The zero-order valence-corrected chi connectivity index (χ0v) is 14.0. The molecule has 1 atom stereocenters. The van der Waals surface area contributed by atoms with Crippen molar-refractivity contribution in [3.63, 3.8) is 0 Å². The van der Waals surface area contributed by atoms with Gasteiger partial charge in [-0.1, -0.05) is 31.2 Å². The maximum absolute atomic E-state index is 12.4. The first-order chi connectivity index (χ1) is 12.0. The number of ether oxygens (including phenoxy) is 1. The molecule has 0 fully saturated rings. The number of para-hydroxylation sites is 1. The standard InChI is InChI=1S/C20H18O5/c1-3-15(13-8-10-14(11-9-13)24-12(2)21)18-19(22)16-6-4-5-7-17(16)25-20(18)23/h4-11,15,22H,3H2,1-2H3/t15-/m1/s1. The molecular formula is C20H18O5. The van der Waals surface area contributed by atoms with Crippen LogP contribution >= 0.6 is 0 Å². The van der Waals surface area contributed by atoms with Crippen LogP contribution in [0.4, 0.5) is 0 Å². The third-order valence-corrected chi connectivity index (χ3v) is 4.12. The summed E-state index contributed by atoms with van der Waals surface area (Å²) in [6.45, 7) is 3.26. The van der Waals surface area contributed by atoms with E-state index in [4.69, 9.17) is 9.15 Å². The number of aromatic hydroxyl groups is 1. The minimum Gasteiger partial charge on any atom is -0.507 e. The molecule has 2 aromatic carbocycles. The largest absolute Gasteiger partial charge is 0.507 e. The van der Waals surface area contributed by atoms with Gasteiger partial charge in [-0.3, -0.25) is 4.79 Å². The van der Waals surface area contributed by atoms with Crippen molar-refractivity contribution < 1.29 is 19.1 Å². The zero-order valence-electron chi connectivity index (χ0n) is 14.0. The summed E-state index contributed by atoms with van der Waals surface area (Å²) in [4.78, 5) is 23.5. The Morgan fingerprint density at radius 1 is 1.16 bits per heavy atom. The molecule has 1 N–H and O–H groups in total. The maximum atomic E-state index is 12.4. The Balaban J connectivity index is 2.08. The summed E-state index contributed by atoms with van der Waals surface area (Å²) in [5.41, 5.74) is 0.874. The highest BCUT2D eigenvalue weighted by atomic mass is 16.5. The highest BCUT2D eigenvalue weighted by Gasteiger charge is 2.23. The van der Waals surface area contributed by atoms with Gasteiger partial charge in [-0.05, 0) is 36.2 Å². The Hall–Kier alpha value is -3.08. The van der Waals surface area contributed by atoms with Gasteiger partial charge in [0.15, 0.2) is 0 Å². The van der Waals surface area contributed by atoms with Gasteiger partial charge in [0.2, 0.25) is 0 Å². The van der Waals surface area contributed by atoms with Crippen molar-refractivity contribution in [3.8, 4) is 11.5 Å². The Kier molecular flexibility index (Phi) is 4.57. The molecule has 0 aliphatic carbocycles. The van der Waals surface area contributed by atoms with Crippen molar-refractivity contribution in [2.45, 2.75) is 26.2 Å². The molecule has 0 radical (unpaired) electrons. The lowest BCUT2D eigenvalue weighted by Gasteiger charge is -2.17. The van der Waals surface area contributed by atoms with E-state index in [2.05, 4.69) is 0 Å². The number of hydrogen-bond donors (Lipinski definition) is 1. The van der Waals surface area contributed by atoms with Crippen molar-refractivity contribution in [2.75, 3.05) is 0 Å². The Bertz CT molecular complexity index is 970. The summed E-state index contributed by atoms with van der Waals surface area (Å²) in [7, 11) is 0. The molecule has 0 saturated heterocycles. The predicted octanol–water partition coefficient (Wildman–Crippen LogP) is 3.97. The van der Waals surface area contributed by atoms with Crippen LogP contribution in [0.1, 0.15) is 37.3 Å². The first kappa shape index (κ1) is 16.8. The lowest BCUT2D eigenvalue weighted by atomic mass is 9.89. The van der Waals surface area contributed by atoms with E-state index in [0.29, 0.717) is 23.1 Å². The Morgan fingerprint density at radius 3 is 2.48 bits per heavy atom. The Morgan fingerprint density at radius 2 is 1.84 bits per heavy atom. The van der Waals surface area contributed by atoms with E-state index < -0.39 is 11.6 Å². The molecule has 0 aliphatic rings. The Labute approximate surface area is 144 Å². The third kappa shape index (κ3) is 3.26. The summed E-state index contributed by atoms with van der Waals surface area (Å²) in [5.74, 6) is -0.344. The zero-order chi connectivity index (χ0) is 18.0. The number of hydrogen-bond acceptors (Lipinski definition) is 5. The summed E-state index contributed by atoms with van der Waals surface area (Å²) in [5, 5.41) is 11.1. The number of rotatable bonds is 4. The maximum Gasteiger partial charge on any atom is 0.343 e. The number of carbonyl (C=O) groups excluding carboxylic acids is 1. The normalized spacial score (nSPS) is 12.1. The van der Waals surface area contributed by atoms with E-state index in [0.717, 1.165) is 5.56 Å². The van der Waals surface area contributed by atoms with Crippen molar-refractivity contribution in [1.82, 2.24) is 0 Å². The average Bonchev–Trinajstić information content (AvgIpc) is 2.59. The molecule has 0 unspecified atom stereocenters. The van der Waals surface area contributed by atoms with Gasteiger partial charge >= 0.3 is 11.6 Å². The molecule has 0 amide bonds. The van der Waals surface area contributed by atoms with Crippen LogP contribution in [0.25, 0.3) is 11.0 Å². The molecule has 1 aromatic heterocycles. The van der Waals surface area contributed by atoms with Crippen LogP contribution < -0.4 is 10.4 Å². The van der Waals surface area contributed by atoms with Gasteiger partial charge in [0.05, 0.1) is 10.9 Å². The van der Waals surface area contributed by atoms with E-state index >= 15 is 0 Å². The summed E-state index contributed by atoms with van der Waals surface area (Å²) >= 11 is 0. The van der Waals surface area contributed by atoms with E-state index in [1.165, 1.54) is 6.92 Å². The van der Waals surface area contributed by atoms with Crippen LogP contribution in [0.15, 0.2) is 57.7 Å². The van der Waals surface area contributed by atoms with Crippen LogP contribution in [0.2, 0.25) is 0 Å². The van der Waals surface area contributed by atoms with Gasteiger partial charge in [0, 0.05) is 12.8 Å². The van der Waals surface area contributed by atoms with Crippen LogP contribution in [0.3, 0.4) is 0 Å². The van der Waals surface area contributed by atoms with E-state index in [1.807, 2.05) is 6.92 Å². The van der Waals surface area contributed by atoms with Gasteiger partial charge < -0.3 is 14.3 Å². The fraction of sp³-hybridized carbons (Fsp3) is 0.200. The molecular weight excluding hydrogens is 320 g/mol. The number of carbonyl (C=O) groups is 1. The summed E-state index contributed by atoms with van der Waals surface area (Å²) in [6.07, 6.45) is 0.601. The number of benzene rings is 2. The topological polar surface area (TPSA) is 76.7 Å². The lowest BCUT2D eigenvalue weighted by molar-refractivity contribution is -0.131. The highest BCUT2D eigenvalue weighted by molar-refractivity contribution is 5.84. The van der Waals surface area contributed by atoms with Crippen molar-refractivity contribution >= 4 is 16.9 Å². The van der Waals surface area contributed by atoms with Crippen molar-refractivity contribution in [2.24, 2.45) is 0 Å². The minimum atomic E-state index is -0.549. The second kappa shape index (κ2) is 6.81.